The van der Waals surface area contributed by atoms with Gasteiger partial charge in [-0.3, -0.25) is 4.79 Å². The molecule has 0 aromatic heterocycles. The van der Waals surface area contributed by atoms with Gasteiger partial charge in [-0.05, 0) is 48.8 Å². The number of rotatable bonds is 20. The Morgan fingerprint density at radius 3 is 1.91 bits per heavy atom. The van der Waals surface area contributed by atoms with E-state index in [1.807, 2.05) is 78.9 Å². The number of hydrogen-bond acceptors (Lipinski definition) is 8. The number of unbranched alkanes of at least 4 members (excludes halogenated alkanes) is 2. The van der Waals surface area contributed by atoms with Crippen molar-refractivity contribution >= 4 is 28.6 Å². The lowest BCUT2D eigenvalue weighted by Gasteiger charge is -2.51. The Labute approximate surface area is 286 Å². The lowest BCUT2D eigenvalue weighted by Crippen LogP contribution is -2.65. The van der Waals surface area contributed by atoms with Crippen molar-refractivity contribution in [1.29, 1.82) is 0 Å². The van der Waals surface area contributed by atoms with Gasteiger partial charge in [0.2, 0.25) is 0 Å². The molecular formula is C37H47IO8. The van der Waals surface area contributed by atoms with Crippen LogP contribution in [0.5, 0.6) is 0 Å². The van der Waals surface area contributed by atoms with Crippen molar-refractivity contribution in [2.45, 2.75) is 86.9 Å². The number of alkyl halides is 1. The number of halogens is 1. The summed E-state index contributed by atoms with van der Waals surface area (Å²) < 4.78 is 37.7. The molecule has 3 aromatic carbocycles. The first-order valence-electron chi connectivity index (χ1n) is 16.1. The molecule has 46 heavy (non-hydrogen) atoms. The van der Waals surface area contributed by atoms with Crippen molar-refractivity contribution < 1.29 is 38.3 Å². The fraction of sp³-hybridized carbons (Fsp3) is 0.486. The standard InChI is InChI=1S/C37H47IO8/c1-29(40)42-23-13-11-21-37(38)35(45-27-32-19-9-4-10-20-32)34(44-26-31-17-7-3-8-18-31)33(46-36(37)43-24-14-12-22-39)28-41-25-30-15-5-2-6-16-30/h2-10,15-20,33-36,39H,11-14,21-28H2,1H3/t33-,34-,35+,36+,37+/m1/s1. The van der Waals surface area contributed by atoms with Gasteiger partial charge in [-0.25, -0.2) is 0 Å². The maximum atomic E-state index is 11.4. The van der Waals surface area contributed by atoms with Gasteiger partial charge < -0.3 is 33.5 Å². The van der Waals surface area contributed by atoms with Crippen molar-refractivity contribution in [3.63, 3.8) is 0 Å². The lowest BCUT2D eigenvalue weighted by molar-refractivity contribution is -0.292. The smallest absolute Gasteiger partial charge is 0.302 e. The molecule has 0 spiro atoms. The number of aliphatic hydroxyl groups is 1. The molecule has 5 atom stereocenters. The van der Waals surface area contributed by atoms with Gasteiger partial charge in [-0.1, -0.05) is 114 Å². The highest BCUT2D eigenvalue weighted by atomic mass is 127. The van der Waals surface area contributed by atoms with E-state index in [1.54, 1.807) is 0 Å². The second-order valence-corrected chi connectivity index (χ2v) is 13.5. The van der Waals surface area contributed by atoms with Crippen LogP contribution < -0.4 is 0 Å². The summed E-state index contributed by atoms with van der Waals surface area (Å²) in [5, 5.41) is 9.38. The third-order valence-corrected chi connectivity index (χ3v) is 9.52. The molecule has 1 fully saturated rings. The molecule has 1 saturated heterocycles. The predicted octanol–water partition coefficient (Wildman–Crippen LogP) is 6.80. The topological polar surface area (TPSA) is 92.7 Å². The Kier molecular flexibility index (Phi) is 15.9. The SMILES string of the molecule is CC(=O)OCCCC[C@@]1(I)[C@@H](OCCCCO)O[C@H](COCc2ccccc2)[C@@H](OCc2ccccc2)[C@@H]1OCc1ccccc1. The number of hydrogen-bond donors (Lipinski definition) is 1. The van der Waals surface area contributed by atoms with E-state index in [9.17, 15) is 9.90 Å². The van der Waals surface area contributed by atoms with E-state index >= 15 is 0 Å². The van der Waals surface area contributed by atoms with Crippen LogP contribution in [0.3, 0.4) is 0 Å². The first kappa shape index (κ1) is 36.5. The molecule has 0 aliphatic carbocycles. The van der Waals surface area contributed by atoms with Crippen LogP contribution in [-0.4, -0.2) is 65.5 Å². The third kappa shape index (κ3) is 11.7. The lowest BCUT2D eigenvalue weighted by atomic mass is 9.86. The molecule has 3 aromatic rings. The van der Waals surface area contributed by atoms with E-state index in [2.05, 4.69) is 34.7 Å². The van der Waals surface area contributed by atoms with Gasteiger partial charge in [0.25, 0.3) is 0 Å². The summed E-state index contributed by atoms with van der Waals surface area (Å²) in [5.74, 6) is -0.285. The van der Waals surface area contributed by atoms with Gasteiger partial charge >= 0.3 is 5.97 Å². The number of carbonyl (C=O) groups is 1. The van der Waals surface area contributed by atoms with Crippen LogP contribution in [0.25, 0.3) is 0 Å². The summed E-state index contributed by atoms with van der Waals surface area (Å²) in [5.41, 5.74) is 3.18. The quantitative estimate of drug-likeness (QED) is 0.0585. The molecule has 1 aliphatic heterocycles. The van der Waals surface area contributed by atoms with Crippen molar-refractivity contribution in [3.8, 4) is 0 Å². The molecule has 0 radical (unpaired) electrons. The highest BCUT2D eigenvalue weighted by Gasteiger charge is 2.56. The van der Waals surface area contributed by atoms with Crippen LogP contribution in [0.4, 0.5) is 0 Å². The molecule has 4 rings (SSSR count). The molecule has 1 heterocycles. The molecule has 0 unspecified atom stereocenters. The predicted molar refractivity (Wildman–Crippen MR) is 184 cm³/mol. The van der Waals surface area contributed by atoms with Crippen LogP contribution in [0.15, 0.2) is 91.0 Å². The second kappa shape index (κ2) is 20.1. The average molecular weight is 747 g/mol. The molecule has 1 aliphatic rings. The minimum Gasteiger partial charge on any atom is -0.466 e. The molecule has 9 heteroatoms. The van der Waals surface area contributed by atoms with E-state index in [-0.39, 0.29) is 19.2 Å². The fourth-order valence-electron chi connectivity index (χ4n) is 5.46. The Bertz CT molecular complexity index is 1250. The number of carbonyl (C=O) groups excluding carboxylic acids is 1. The first-order valence-corrected chi connectivity index (χ1v) is 17.2. The molecule has 8 nitrogen and oxygen atoms in total. The number of benzene rings is 3. The van der Waals surface area contributed by atoms with Crippen molar-refractivity contribution in [2.24, 2.45) is 0 Å². The second-order valence-electron chi connectivity index (χ2n) is 11.5. The summed E-state index contributed by atoms with van der Waals surface area (Å²) in [6, 6.07) is 30.2. The third-order valence-electron chi connectivity index (χ3n) is 7.86. The van der Waals surface area contributed by atoms with Gasteiger partial charge in [-0.15, -0.1) is 0 Å². The highest BCUT2D eigenvalue weighted by Crippen LogP contribution is 2.45. The summed E-state index contributed by atoms with van der Waals surface area (Å²) in [6.07, 6.45) is 1.51. The largest absolute Gasteiger partial charge is 0.466 e. The van der Waals surface area contributed by atoms with Crippen LogP contribution in [0.1, 0.15) is 55.7 Å². The van der Waals surface area contributed by atoms with Gasteiger partial charge in [0, 0.05) is 20.1 Å². The molecule has 0 bridgehead atoms. The van der Waals surface area contributed by atoms with E-state index in [0.29, 0.717) is 58.7 Å². The zero-order valence-electron chi connectivity index (χ0n) is 26.6. The summed E-state index contributed by atoms with van der Waals surface area (Å²) in [6.45, 7) is 3.82. The number of aliphatic hydroxyl groups excluding tert-OH is 1. The zero-order chi connectivity index (χ0) is 32.5. The molecule has 0 saturated carbocycles. The van der Waals surface area contributed by atoms with E-state index in [4.69, 9.17) is 28.4 Å². The van der Waals surface area contributed by atoms with E-state index < -0.39 is 28.0 Å². The summed E-state index contributed by atoms with van der Waals surface area (Å²) >= 11 is 2.46. The minimum absolute atomic E-state index is 0.106. The Morgan fingerprint density at radius 1 is 0.761 bits per heavy atom. The normalized spacial score (nSPS) is 22.8. The maximum Gasteiger partial charge on any atom is 0.302 e. The zero-order valence-corrected chi connectivity index (χ0v) is 28.8. The first-order chi connectivity index (χ1) is 22.5. The number of esters is 1. The minimum atomic E-state index is -0.640. The van der Waals surface area contributed by atoms with Gasteiger partial charge in [0.1, 0.15) is 21.7 Å². The molecule has 0 amide bonds. The summed E-state index contributed by atoms with van der Waals surface area (Å²) in [7, 11) is 0. The van der Waals surface area contributed by atoms with Gasteiger partial charge in [0.15, 0.2) is 6.29 Å². The Morgan fingerprint density at radius 2 is 1.33 bits per heavy atom. The van der Waals surface area contributed by atoms with Crippen molar-refractivity contribution in [1.82, 2.24) is 0 Å². The van der Waals surface area contributed by atoms with Crippen molar-refractivity contribution in [3.05, 3.63) is 108 Å². The average Bonchev–Trinajstić information content (AvgIpc) is 3.07. The molecule has 250 valence electrons. The Hall–Kier alpha value is -2.38. The maximum absolute atomic E-state index is 11.4. The fourth-order valence-corrected chi connectivity index (χ4v) is 6.71. The monoisotopic (exact) mass is 746 g/mol. The number of ether oxygens (including phenoxy) is 6. The van der Waals surface area contributed by atoms with Crippen molar-refractivity contribution in [2.75, 3.05) is 26.4 Å². The Balaban J connectivity index is 1.62. The van der Waals surface area contributed by atoms with Crippen LogP contribution in [0, 0.1) is 0 Å². The van der Waals surface area contributed by atoms with Gasteiger partial charge in [0.05, 0.1) is 33.0 Å². The van der Waals surface area contributed by atoms with Crippen LogP contribution in [-0.2, 0) is 53.0 Å². The van der Waals surface area contributed by atoms with Gasteiger partial charge in [-0.2, -0.15) is 0 Å². The highest BCUT2D eigenvalue weighted by molar-refractivity contribution is 14.1. The van der Waals surface area contributed by atoms with E-state index in [0.717, 1.165) is 23.1 Å². The molecular weight excluding hydrogens is 699 g/mol. The molecule has 1 N–H and O–H groups in total. The van der Waals surface area contributed by atoms with Crippen LogP contribution in [0.2, 0.25) is 0 Å². The van der Waals surface area contributed by atoms with E-state index in [1.165, 1.54) is 6.92 Å². The summed E-state index contributed by atoms with van der Waals surface area (Å²) in [4.78, 5) is 11.4. The van der Waals surface area contributed by atoms with Crippen LogP contribution >= 0.6 is 22.6 Å².